The van der Waals surface area contributed by atoms with Gasteiger partial charge in [0.05, 0.1) is 11.4 Å². The van der Waals surface area contributed by atoms with Gasteiger partial charge in [-0.25, -0.2) is 0 Å². The zero-order chi connectivity index (χ0) is 18.1. The highest BCUT2D eigenvalue weighted by molar-refractivity contribution is 9.10. The summed E-state index contributed by atoms with van der Waals surface area (Å²) in [7, 11) is 0. The fourth-order valence-electron chi connectivity index (χ4n) is 3.01. The number of hydrogen-bond donors (Lipinski definition) is 0. The van der Waals surface area contributed by atoms with Crippen LogP contribution in [0.15, 0.2) is 41.1 Å². The topological polar surface area (TPSA) is 66.6 Å². The minimum absolute atomic E-state index is 0.116. The zero-order valence-electron chi connectivity index (χ0n) is 13.8. The largest absolute Gasteiger partial charge is 0.352 e. The first-order chi connectivity index (χ1) is 12.6. The van der Waals surface area contributed by atoms with Crippen molar-refractivity contribution >= 4 is 44.9 Å². The van der Waals surface area contributed by atoms with Gasteiger partial charge in [0.2, 0.25) is 5.91 Å². The molecule has 1 aliphatic rings. The molecule has 4 rings (SSSR count). The summed E-state index contributed by atoms with van der Waals surface area (Å²) in [6, 6.07) is 9.45. The summed E-state index contributed by atoms with van der Waals surface area (Å²) in [4.78, 5) is 16.6. The molecule has 0 atom stereocenters. The van der Waals surface area contributed by atoms with E-state index in [1.54, 1.807) is 10.8 Å². The molecule has 0 saturated carbocycles. The lowest BCUT2D eigenvalue weighted by Crippen LogP contribution is -2.49. The summed E-state index contributed by atoms with van der Waals surface area (Å²) in [6.45, 7) is 2.83. The third-order valence-electron chi connectivity index (χ3n) is 4.44. The fraction of sp³-hybridized carbons (Fsp3) is 0.294. The number of anilines is 1. The molecule has 9 heteroatoms. The number of carbonyl (C=O) groups is 1. The molecule has 1 saturated heterocycles. The quantitative estimate of drug-likeness (QED) is 0.632. The Morgan fingerprint density at radius 3 is 2.73 bits per heavy atom. The van der Waals surface area contributed by atoms with E-state index in [1.807, 2.05) is 35.2 Å². The number of fused-ring (bicyclic) bond motifs is 1. The highest BCUT2D eigenvalue weighted by atomic mass is 79.9. The van der Waals surface area contributed by atoms with Crippen molar-refractivity contribution < 1.29 is 4.79 Å². The predicted molar refractivity (Wildman–Crippen MR) is 102 cm³/mol. The molecule has 1 fully saturated rings. The Morgan fingerprint density at radius 2 is 1.96 bits per heavy atom. The van der Waals surface area contributed by atoms with E-state index < -0.39 is 0 Å². The predicted octanol–water partition coefficient (Wildman–Crippen LogP) is 2.43. The van der Waals surface area contributed by atoms with E-state index in [0.717, 1.165) is 34.6 Å². The monoisotopic (exact) mass is 434 g/mol. The van der Waals surface area contributed by atoms with Crippen LogP contribution in [0.1, 0.15) is 5.56 Å². The van der Waals surface area contributed by atoms with E-state index in [4.69, 9.17) is 11.6 Å². The van der Waals surface area contributed by atoms with E-state index >= 15 is 0 Å². The van der Waals surface area contributed by atoms with Gasteiger partial charge in [-0.3, -0.25) is 4.79 Å². The van der Waals surface area contributed by atoms with Gasteiger partial charge in [-0.05, 0) is 45.8 Å². The van der Waals surface area contributed by atoms with E-state index in [9.17, 15) is 4.79 Å². The Labute approximate surface area is 163 Å². The molecule has 3 heterocycles. The maximum atomic E-state index is 12.6. The molecule has 0 radical (unpaired) electrons. The number of piperazine rings is 1. The number of aromatic nitrogens is 4. The van der Waals surface area contributed by atoms with Crippen LogP contribution in [0.25, 0.3) is 5.65 Å². The van der Waals surface area contributed by atoms with Crippen LogP contribution in [0, 0.1) is 0 Å². The summed E-state index contributed by atoms with van der Waals surface area (Å²) >= 11 is 9.47. The Bertz CT molecular complexity index is 953. The van der Waals surface area contributed by atoms with Crippen LogP contribution in [0.5, 0.6) is 0 Å². The molecule has 0 unspecified atom stereocenters. The van der Waals surface area contributed by atoms with Crippen LogP contribution in [-0.4, -0.2) is 56.8 Å². The minimum atomic E-state index is 0.116. The molecular weight excluding hydrogens is 420 g/mol. The summed E-state index contributed by atoms with van der Waals surface area (Å²) in [5.74, 6) is 0.981. The van der Waals surface area contributed by atoms with E-state index in [-0.39, 0.29) is 5.91 Å². The summed E-state index contributed by atoms with van der Waals surface area (Å²) in [6.07, 6.45) is 1.94. The van der Waals surface area contributed by atoms with E-state index in [0.29, 0.717) is 24.5 Å². The second kappa shape index (κ2) is 7.20. The van der Waals surface area contributed by atoms with Gasteiger partial charge in [-0.15, -0.1) is 15.3 Å². The maximum Gasteiger partial charge on any atom is 0.227 e. The van der Waals surface area contributed by atoms with Crippen molar-refractivity contribution in [2.24, 2.45) is 0 Å². The van der Waals surface area contributed by atoms with Crippen molar-refractivity contribution in [3.05, 3.63) is 51.7 Å². The van der Waals surface area contributed by atoms with Gasteiger partial charge >= 0.3 is 0 Å². The number of halogens is 2. The maximum absolute atomic E-state index is 12.6. The lowest BCUT2D eigenvalue weighted by molar-refractivity contribution is -0.130. The van der Waals surface area contributed by atoms with Crippen molar-refractivity contribution in [2.45, 2.75) is 6.42 Å². The molecule has 1 amide bonds. The first-order valence-corrected chi connectivity index (χ1v) is 9.41. The van der Waals surface area contributed by atoms with Crippen molar-refractivity contribution in [1.82, 2.24) is 24.7 Å². The summed E-state index contributed by atoms with van der Waals surface area (Å²) in [5.41, 5.74) is 1.64. The molecule has 1 aromatic carbocycles. The molecule has 2 aromatic heterocycles. The van der Waals surface area contributed by atoms with Crippen LogP contribution in [0.3, 0.4) is 0 Å². The molecule has 0 aliphatic carbocycles. The third-order valence-corrected chi connectivity index (χ3v) is 5.68. The van der Waals surface area contributed by atoms with Gasteiger partial charge < -0.3 is 9.80 Å². The van der Waals surface area contributed by atoms with Crippen LogP contribution in [-0.2, 0) is 11.2 Å². The zero-order valence-corrected chi connectivity index (χ0v) is 16.2. The molecule has 7 nitrogen and oxygen atoms in total. The van der Waals surface area contributed by atoms with Crippen LogP contribution < -0.4 is 4.90 Å². The van der Waals surface area contributed by atoms with Gasteiger partial charge in [0.25, 0.3) is 0 Å². The van der Waals surface area contributed by atoms with Gasteiger partial charge in [0.1, 0.15) is 12.1 Å². The Balaban J connectivity index is 1.37. The van der Waals surface area contributed by atoms with Crippen molar-refractivity contribution in [3.63, 3.8) is 0 Å². The SMILES string of the molecule is O=C(Cc1ccc(Br)c(Cl)c1)N1CCN(c2ccc3nncn3n2)CC1. The number of nitrogens with zero attached hydrogens (tertiary/aromatic N) is 6. The Hall–Kier alpha value is -2.19. The smallest absolute Gasteiger partial charge is 0.227 e. The molecular formula is C17H16BrClN6O. The molecule has 0 N–H and O–H groups in total. The van der Waals surface area contributed by atoms with Gasteiger partial charge in [0.15, 0.2) is 5.65 Å². The Kier molecular flexibility index (Phi) is 4.78. The van der Waals surface area contributed by atoms with Gasteiger partial charge in [-0.2, -0.15) is 4.52 Å². The van der Waals surface area contributed by atoms with Crippen molar-refractivity contribution in [3.8, 4) is 0 Å². The third kappa shape index (κ3) is 3.52. The average molecular weight is 436 g/mol. The van der Waals surface area contributed by atoms with Crippen LogP contribution in [0.2, 0.25) is 5.02 Å². The Morgan fingerprint density at radius 1 is 1.15 bits per heavy atom. The highest BCUT2D eigenvalue weighted by Gasteiger charge is 2.22. The number of amides is 1. The number of carbonyl (C=O) groups excluding carboxylic acids is 1. The summed E-state index contributed by atoms with van der Waals surface area (Å²) < 4.78 is 2.49. The first kappa shape index (κ1) is 17.2. The van der Waals surface area contributed by atoms with E-state index in [2.05, 4.69) is 36.1 Å². The number of hydrogen-bond acceptors (Lipinski definition) is 5. The van der Waals surface area contributed by atoms with E-state index in [1.165, 1.54) is 0 Å². The van der Waals surface area contributed by atoms with Crippen LogP contribution >= 0.6 is 27.5 Å². The van der Waals surface area contributed by atoms with Gasteiger partial charge in [-0.1, -0.05) is 17.7 Å². The average Bonchev–Trinajstić information content (AvgIpc) is 3.12. The second-order valence-electron chi connectivity index (χ2n) is 6.12. The normalized spacial score (nSPS) is 14.8. The molecule has 1 aliphatic heterocycles. The number of rotatable bonds is 3. The van der Waals surface area contributed by atoms with Crippen molar-refractivity contribution in [2.75, 3.05) is 31.1 Å². The fourth-order valence-corrected chi connectivity index (χ4v) is 3.46. The van der Waals surface area contributed by atoms with Crippen molar-refractivity contribution in [1.29, 1.82) is 0 Å². The van der Waals surface area contributed by atoms with Crippen LogP contribution in [0.4, 0.5) is 5.82 Å². The molecule has 0 bridgehead atoms. The lowest BCUT2D eigenvalue weighted by atomic mass is 10.1. The minimum Gasteiger partial charge on any atom is -0.352 e. The molecule has 3 aromatic rings. The number of benzene rings is 1. The first-order valence-electron chi connectivity index (χ1n) is 8.24. The standard InChI is InChI=1S/C17H16BrClN6O/c18-13-2-1-12(9-14(13)19)10-17(26)24-7-5-23(6-8-24)16-4-3-15-21-20-11-25(15)22-16/h1-4,9,11H,5-8,10H2. The second-order valence-corrected chi connectivity index (χ2v) is 7.38. The molecule has 26 heavy (non-hydrogen) atoms. The van der Waals surface area contributed by atoms with Gasteiger partial charge in [0, 0.05) is 30.7 Å². The lowest BCUT2D eigenvalue weighted by Gasteiger charge is -2.35. The molecule has 0 spiro atoms. The molecule has 134 valence electrons. The highest BCUT2D eigenvalue weighted by Crippen LogP contribution is 2.23. The summed E-state index contributed by atoms with van der Waals surface area (Å²) in [5, 5.41) is 12.9.